The van der Waals surface area contributed by atoms with Crippen LogP contribution in [0.4, 0.5) is 26.3 Å². The van der Waals surface area contributed by atoms with E-state index in [1.165, 1.54) is 0 Å². The number of carboxylic acids is 1. The van der Waals surface area contributed by atoms with E-state index >= 15 is 0 Å². The predicted octanol–water partition coefficient (Wildman–Crippen LogP) is 2.71. The summed E-state index contributed by atoms with van der Waals surface area (Å²) >= 11 is 0. The van der Waals surface area contributed by atoms with Crippen molar-refractivity contribution in [1.82, 2.24) is 4.98 Å². The molecule has 0 unspecified atom stereocenters. The third-order valence-electron chi connectivity index (χ3n) is 1.92. The Morgan fingerprint density at radius 2 is 1.80 bits per heavy atom. The number of carboxylic acid groups (broad SMARTS) is 1. The fourth-order valence-corrected chi connectivity index (χ4v) is 1.27. The summed E-state index contributed by atoms with van der Waals surface area (Å²) in [6.07, 6.45) is -10.5. The molecule has 0 aromatic carbocycles. The molecule has 0 aliphatic carbocycles. The lowest BCUT2D eigenvalue weighted by Gasteiger charge is -2.18. The first-order valence-corrected chi connectivity index (χ1v) is 4.60. The first-order chi connectivity index (χ1) is 8.97. The van der Waals surface area contributed by atoms with E-state index in [1.54, 1.807) is 0 Å². The number of ether oxygens (including phenoxy) is 2. The molecular formula is C9H5F6NO4. The van der Waals surface area contributed by atoms with Gasteiger partial charge in [-0.1, -0.05) is 0 Å². The molecular weight excluding hydrogens is 300 g/mol. The Morgan fingerprint density at radius 1 is 1.25 bits per heavy atom. The largest absolute Gasteiger partial charge is 0.573 e. The first kappa shape index (κ1) is 15.9. The Balaban J connectivity index is 3.65. The van der Waals surface area contributed by atoms with Crippen LogP contribution in [-0.4, -0.2) is 29.5 Å². The number of alkyl halides is 6. The number of aromatic carboxylic acids is 1. The number of carbonyl (C=O) groups is 1. The Morgan fingerprint density at radius 3 is 2.15 bits per heavy atom. The summed E-state index contributed by atoms with van der Waals surface area (Å²) in [4.78, 5) is 13.6. The standard InChI is InChI=1S/C9H5F6NO4/c1-19-3-2-16-5(7(17)18)6(20-9(13,14)15)4(3)8(10,11)12/h2H,1H3,(H,17,18). The maximum atomic E-state index is 12.8. The third kappa shape index (κ3) is 3.42. The summed E-state index contributed by atoms with van der Waals surface area (Å²) in [5.41, 5.74) is -3.54. The van der Waals surface area contributed by atoms with Gasteiger partial charge in [0, 0.05) is 0 Å². The molecule has 0 atom stereocenters. The molecule has 1 aromatic heterocycles. The quantitative estimate of drug-likeness (QED) is 0.870. The number of hydrogen-bond donors (Lipinski definition) is 1. The van der Waals surface area contributed by atoms with E-state index in [0.717, 1.165) is 7.11 Å². The summed E-state index contributed by atoms with van der Waals surface area (Å²) < 4.78 is 82.1. The van der Waals surface area contributed by atoms with Crippen LogP contribution in [0.1, 0.15) is 16.1 Å². The Hall–Kier alpha value is -2.20. The molecule has 1 rings (SSSR count). The van der Waals surface area contributed by atoms with Gasteiger partial charge in [0.15, 0.2) is 17.2 Å². The summed E-state index contributed by atoms with van der Waals surface area (Å²) in [5.74, 6) is -5.18. The fourth-order valence-electron chi connectivity index (χ4n) is 1.27. The minimum atomic E-state index is -5.53. The van der Waals surface area contributed by atoms with Crippen molar-refractivity contribution in [1.29, 1.82) is 0 Å². The van der Waals surface area contributed by atoms with Gasteiger partial charge in [-0.25, -0.2) is 9.78 Å². The van der Waals surface area contributed by atoms with E-state index in [-0.39, 0.29) is 0 Å². The zero-order chi connectivity index (χ0) is 15.7. The van der Waals surface area contributed by atoms with Crippen LogP contribution in [0.15, 0.2) is 6.20 Å². The molecule has 0 radical (unpaired) electrons. The Bertz CT molecular complexity index is 524. The van der Waals surface area contributed by atoms with E-state index in [0.29, 0.717) is 6.20 Å². The van der Waals surface area contributed by atoms with Gasteiger partial charge in [0.25, 0.3) is 0 Å². The third-order valence-corrected chi connectivity index (χ3v) is 1.92. The van der Waals surface area contributed by atoms with Crippen molar-refractivity contribution in [3.05, 3.63) is 17.5 Å². The van der Waals surface area contributed by atoms with E-state index in [9.17, 15) is 31.1 Å². The molecule has 1 N–H and O–H groups in total. The molecule has 0 saturated carbocycles. The van der Waals surface area contributed by atoms with Gasteiger partial charge >= 0.3 is 18.5 Å². The van der Waals surface area contributed by atoms with Gasteiger partial charge in [-0.15, -0.1) is 13.2 Å². The van der Waals surface area contributed by atoms with Crippen LogP contribution < -0.4 is 9.47 Å². The molecule has 1 aromatic rings. The molecule has 0 amide bonds. The number of rotatable bonds is 3. The number of pyridine rings is 1. The van der Waals surface area contributed by atoms with Crippen LogP contribution in [0.3, 0.4) is 0 Å². The molecule has 0 bridgehead atoms. The van der Waals surface area contributed by atoms with Crippen molar-refractivity contribution in [3.63, 3.8) is 0 Å². The summed E-state index contributed by atoms with van der Waals surface area (Å²) in [6, 6.07) is 0. The van der Waals surface area contributed by atoms with Crippen LogP contribution in [0.2, 0.25) is 0 Å². The maximum Gasteiger partial charge on any atom is 0.573 e. The molecule has 20 heavy (non-hydrogen) atoms. The normalized spacial score (nSPS) is 12.2. The number of methoxy groups -OCH3 is 1. The van der Waals surface area contributed by atoms with Gasteiger partial charge in [0.2, 0.25) is 0 Å². The number of hydrogen-bond acceptors (Lipinski definition) is 4. The molecule has 1 heterocycles. The van der Waals surface area contributed by atoms with Gasteiger partial charge in [-0.2, -0.15) is 13.2 Å². The summed E-state index contributed by atoms with van der Waals surface area (Å²) in [7, 11) is 0.754. The molecule has 0 aliphatic heterocycles. The first-order valence-electron chi connectivity index (χ1n) is 4.60. The predicted molar refractivity (Wildman–Crippen MR) is 49.4 cm³/mol. The van der Waals surface area contributed by atoms with Crippen molar-refractivity contribution in [2.45, 2.75) is 12.5 Å². The van der Waals surface area contributed by atoms with Gasteiger partial charge in [-0.3, -0.25) is 0 Å². The van der Waals surface area contributed by atoms with Crippen LogP contribution in [0, 0.1) is 0 Å². The van der Waals surface area contributed by atoms with Gasteiger partial charge < -0.3 is 14.6 Å². The van der Waals surface area contributed by atoms with Gasteiger partial charge in [0.1, 0.15) is 5.56 Å². The molecule has 112 valence electrons. The molecule has 11 heteroatoms. The van der Waals surface area contributed by atoms with Crippen molar-refractivity contribution < 1.29 is 45.7 Å². The molecule has 0 saturated heterocycles. The second-order valence-electron chi connectivity index (χ2n) is 3.23. The lowest BCUT2D eigenvalue weighted by Crippen LogP contribution is -2.23. The molecule has 5 nitrogen and oxygen atoms in total. The van der Waals surface area contributed by atoms with Crippen LogP contribution in [0.5, 0.6) is 11.5 Å². The Labute approximate surface area is 106 Å². The lowest BCUT2D eigenvalue weighted by atomic mass is 10.1. The van der Waals surface area contributed by atoms with E-state index < -0.39 is 41.3 Å². The Kier molecular flexibility index (Phi) is 4.01. The number of nitrogens with zero attached hydrogens (tertiary/aromatic N) is 1. The topological polar surface area (TPSA) is 68.7 Å². The SMILES string of the molecule is COc1cnc(C(=O)O)c(OC(F)(F)F)c1C(F)(F)F. The van der Waals surface area contributed by atoms with Crippen molar-refractivity contribution in [2.24, 2.45) is 0 Å². The van der Waals surface area contributed by atoms with E-state index in [4.69, 9.17) is 5.11 Å². The van der Waals surface area contributed by atoms with Crippen molar-refractivity contribution in [2.75, 3.05) is 7.11 Å². The van der Waals surface area contributed by atoms with Crippen LogP contribution in [-0.2, 0) is 6.18 Å². The monoisotopic (exact) mass is 305 g/mol. The van der Waals surface area contributed by atoms with Gasteiger partial charge in [-0.05, 0) is 0 Å². The van der Waals surface area contributed by atoms with Crippen molar-refractivity contribution in [3.8, 4) is 11.5 Å². The van der Waals surface area contributed by atoms with Crippen LogP contribution >= 0.6 is 0 Å². The van der Waals surface area contributed by atoms with Crippen LogP contribution in [0.25, 0.3) is 0 Å². The summed E-state index contributed by atoms with van der Waals surface area (Å²) in [5, 5.41) is 8.60. The highest BCUT2D eigenvalue weighted by atomic mass is 19.4. The molecule has 0 aliphatic rings. The zero-order valence-corrected chi connectivity index (χ0v) is 9.46. The molecule has 0 spiro atoms. The van der Waals surface area contributed by atoms with Gasteiger partial charge in [0.05, 0.1) is 13.3 Å². The highest BCUT2D eigenvalue weighted by Gasteiger charge is 2.45. The number of aromatic nitrogens is 1. The van der Waals surface area contributed by atoms with E-state index in [2.05, 4.69) is 14.5 Å². The van der Waals surface area contributed by atoms with Crippen molar-refractivity contribution >= 4 is 5.97 Å². The highest BCUT2D eigenvalue weighted by molar-refractivity contribution is 5.89. The maximum absolute atomic E-state index is 12.8. The zero-order valence-electron chi connectivity index (χ0n) is 9.46. The highest BCUT2D eigenvalue weighted by Crippen LogP contribution is 2.44. The minimum absolute atomic E-state index is 0.343. The van der Waals surface area contributed by atoms with E-state index in [1.807, 2.05) is 0 Å². The second kappa shape index (κ2) is 5.06. The smallest absolute Gasteiger partial charge is 0.494 e. The average molecular weight is 305 g/mol. The molecule has 0 fully saturated rings. The minimum Gasteiger partial charge on any atom is -0.494 e. The lowest BCUT2D eigenvalue weighted by molar-refractivity contribution is -0.276. The fraction of sp³-hybridized carbons (Fsp3) is 0.333. The number of halogens is 6. The average Bonchev–Trinajstić information content (AvgIpc) is 2.23. The summed E-state index contributed by atoms with van der Waals surface area (Å²) in [6.45, 7) is 0. The second-order valence-corrected chi connectivity index (χ2v) is 3.23.